The van der Waals surface area contributed by atoms with Gasteiger partial charge in [-0.15, -0.1) is 0 Å². The van der Waals surface area contributed by atoms with Crippen LogP contribution in [0.2, 0.25) is 5.02 Å². The Morgan fingerprint density at radius 3 is 2.65 bits per heavy atom. The Morgan fingerprint density at radius 2 is 1.96 bits per heavy atom. The summed E-state index contributed by atoms with van der Waals surface area (Å²) < 4.78 is 0. The van der Waals surface area contributed by atoms with Crippen molar-refractivity contribution in [1.29, 1.82) is 0 Å². The minimum Gasteiger partial charge on any atom is -0.310 e. The number of aromatic nitrogens is 1. The maximum Gasteiger partial charge on any atom is 0.242 e. The largest absolute Gasteiger partial charge is 0.310 e. The highest BCUT2D eigenvalue weighted by atomic mass is 35.5. The minimum absolute atomic E-state index is 0.192. The van der Waals surface area contributed by atoms with Gasteiger partial charge in [0.05, 0.1) is 11.4 Å². The second-order valence-corrected chi connectivity index (χ2v) is 5.71. The van der Waals surface area contributed by atoms with Crippen molar-refractivity contribution in [3.63, 3.8) is 0 Å². The molecule has 23 heavy (non-hydrogen) atoms. The molecule has 0 bridgehead atoms. The van der Waals surface area contributed by atoms with E-state index in [0.29, 0.717) is 28.8 Å². The molecule has 1 aliphatic heterocycles. The van der Waals surface area contributed by atoms with Crippen LogP contribution in [0.1, 0.15) is 19.8 Å². The van der Waals surface area contributed by atoms with E-state index in [-0.39, 0.29) is 18.2 Å². The number of amides is 2. The molecule has 2 aromatic rings. The van der Waals surface area contributed by atoms with E-state index in [1.807, 2.05) is 6.92 Å². The highest BCUT2D eigenvalue weighted by Crippen LogP contribution is 2.38. The van der Waals surface area contributed by atoms with Gasteiger partial charge in [-0.2, -0.15) is 0 Å². The van der Waals surface area contributed by atoms with Gasteiger partial charge < -0.3 is 4.90 Å². The molecule has 0 aliphatic carbocycles. The second-order valence-electron chi connectivity index (χ2n) is 5.27. The maximum atomic E-state index is 12.6. The van der Waals surface area contributed by atoms with Crippen LogP contribution in [0.3, 0.4) is 0 Å². The molecule has 0 radical (unpaired) electrons. The smallest absolute Gasteiger partial charge is 0.242 e. The number of hydrogen-bond acceptors (Lipinski definition) is 3. The Labute approximate surface area is 139 Å². The van der Waals surface area contributed by atoms with Crippen LogP contribution in [-0.2, 0) is 9.59 Å². The summed E-state index contributed by atoms with van der Waals surface area (Å²) in [5.74, 6) is -0.0400. The molecule has 6 heteroatoms. The number of halogens is 1. The third kappa shape index (κ3) is 2.92. The summed E-state index contributed by atoms with van der Waals surface area (Å²) in [5.41, 5.74) is 1.26. The van der Waals surface area contributed by atoms with Gasteiger partial charge in [-0.3, -0.25) is 14.5 Å². The van der Waals surface area contributed by atoms with Crippen molar-refractivity contribution in [1.82, 2.24) is 4.98 Å². The lowest BCUT2D eigenvalue weighted by atomic mass is 10.2. The first-order chi connectivity index (χ1) is 11.1. The van der Waals surface area contributed by atoms with Crippen molar-refractivity contribution >= 4 is 40.6 Å². The number of benzene rings is 1. The van der Waals surface area contributed by atoms with Crippen LogP contribution in [0.15, 0.2) is 42.6 Å². The van der Waals surface area contributed by atoms with Gasteiger partial charge >= 0.3 is 0 Å². The Morgan fingerprint density at radius 1 is 1.13 bits per heavy atom. The molecule has 3 rings (SSSR count). The molecule has 1 aromatic carbocycles. The predicted octanol–water partition coefficient (Wildman–Crippen LogP) is 3.55. The van der Waals surface area contributed by atoms with Crippen molar-refractivity contribution < 1.29 is 9.59 Å². The van der Waals surface area contributed by atoms with Crippen molar-refractivity contribution in [3.05, 3.63) is 47.6 Å². The van der Waals surface area contributed by atoms with E-state index >= 15 is 0 Å². The monoisotopic (exact) mass is 329 g/mol. The molecular weight excluding hydrogens is 314 g/mol. The van der Waals surface area contributed by atoms with Crippen molar-refractivity contribution in [3.8, 4) is 0 Å². The first kappa shape index (κ1) is 15.5. The summed E-state index contributed by atoms with van der Waals surface area (Å²) in [6.45, 7) is 2.54. The normalized spacial score (nSPS) is 14.7. The number of anilines is 3. The Kier molecular flexibility index (Phi) is 4.30. The fourth-order valence-electron chi connectivity index (χ4n) is 2.68. The molecule has 0 atom stereocenters. The summed E-state index contributed by atoms with van der Waals surface area (Å²) in [6.07, 6.45) is 2.22. The molecule has 2 amide bonds. The zero-order valence-electron chi connectivity index (χ0n) is 12.7. The zero-order valence-corrected chi connectivity index (χ0v) is 13.5. The number of rotatable bonds is 3. The van der Waals surface area contributed by atoms with E-state index in [1.165, 1.54) is 4.90 Å². The third-order valence-corrected chi connectivity index (χ3v) is 3.88. The quantitative estimate of drug-likeness (QED) is 0.809. The molecule has 0 saturated carbocycles. The topological polar surface area (TPSA) is 53.5 Å². The average Bonchev–Trinajstić information content (AvgIpc) is 2.63. The fraction of sp³-hybridized carbons (Fsp3) is 0.235. The summed E-state index contributed by atoms with van der Waals surface area (Å²) in [6, 6.07) is 10.5. The SMILES string of the molecule is CCCN1C(=O)CC(=O)N(c2ccccn2)c2cc(Cl)ccc21. The molecule has 2 heterocycles. The van der Waals surface area contributed by atoms with Crippen LogP contribution >= 0.6 is 11.6 Å². The van der Waals surface area contributed by atoms with Gasteiger partial charge in [0.1, 0.15) is 12.2 Å². The van der Waals surface area contributed by atoms with E-state index in [9.17, 15) is 9.59 Å². The van der Waals surface area contributed by atoms with Gasteiger partial charge in [-0.1, -0.05) is 24.6 Å². The molecule has 0 spiro atoms. The first-order valence-electron chi connectivity index (χ1n) is 7.45. The van der Waals surface area contributed by atoms with Gasteiger partial charge in [0.2, 0.25) is 11.8 Å². The lowest BCUT2D eigenvalue weighted by molar-refractivity contribution is -0.125. The van der Waals surface area contributed by atoms with E-state index < -0.39 is 0 Å². The van der Waals surface area contributed by atoms with Crippen molar-refractivity contribution in [2.45, 2.75) is 19.8 Å². The van der Waals surface area contributed by atoms with Crippen LogP contribution in [0, 0.1) is 0 Å². The van der Waals surface area contributed by atoms with Gasteiger partial charge in [-0.05, 0) is 36.8 Å². The first-order valence-corrected chi connectivity index (χ1v) is 7.83. The minimum atomic E-state index is -0.309. The Balaban J connectivity index is 2.20. The molecule has 0 N–H and O–H groups in total. The molecule has 118 valence electrons. The standard InChI is InChI=1S/C17H16ClN3O2/c1-2-9-20-13-7-6-12(18)10-14(13)21(17(23)11-16(20)22)15-5-3-4-8-19-15/h3-8,10H,2,9,11H2,1H3. The van der Waals surface area contributed by atoms with Crippen LogP contribution < -0.4 is 9.80 Å². The fourth-order valence-corrected chi connectivity index (χ4v) is 2.85. The molecule has 1 aromatic heterocycles. The van der Waals surface area contributed by atoms with Crippen LogP contribution in [0.4, 0.5) is 17.2 Å². The number of carbonyl (C=O) groups excluding carboxylic acids is 2. The second kappa shape index (κ2) is 6.38. The summed E-state index contributed by atoms with van der Waals surface area (Å²) >= 11 is 6.13. The van der Waals surface area contributed by atoms with Crippen LogP contribution in [-0.4, -0.2) is 23.3 Å². The van der Waals surface area contributed by atoms with Gasteiger partial charge in [0.25, 0.3) is 0 Å². The lowest BCUT2D eigenvalue weighted by Crippen LogP contribution is -2.32. The molecule has 0 saturated heterocycles. The summed E-state index contributed by atoms with van der Waals surface area (Å²) in [5, 5.41) is 0.503. The van der Waals surface area contributed by atoms with Crippen LogP contribution in [0.25, 0.3) is 0 Å². The lowest BCUT2D eigenvalue weighted by Gasteiger charge is -2.25. The zero-order chi connectivity index (χ0) is 16.4. The van der Waals surface area contributed by atoms with Crippen molar-refractivity contribution in [2.75, 3.05) is 16.3 Å². The number of fused-ring (bicyclic) bond motifs is 1. The van der Waals surface area contributed by atoms with Gasteiger partial charge in [-0.25, -0.2) is 4.98 Å². The average molecular weight is 330 g/mol. The number of hydrogen-bond donors (Lipinski definition) is 0. The Hall–Kier alpha value is -2.40. The van der Waals surface area contributed by atoms with Crippen LogP contribution in [0.5, 0.6) is 0 Å². The van der Waals surface area contributed by atoms with E-state index in [4.69, 9.17) is 11.6 Å². The highest BCUT2D eigenvalue weighted by Gasteiger charge is 2.32. The van der Waals surface area contributed by atoms with Gasteiger partial charge in [0, 0.05) is 17.8 Å². The number of pyridine rings is 1. The number of carbonyl (C=O) groups is 2. The maximum absolute atomic E-state index is 12.6. The molecule has 0 fully saturated rings. The van der Waals surface area contributed by atoms with E-state index in [2.05, 4.69) is 4.98 Å². The predicted molar refractivity (Wildman–Crippen MR) is 90.1 cm³/mol. The highest BCUT2D eigenvalue weighted by molar-refractivity contribution is 6.31. The van der Waals surface area contributed by atoms with E-state index in [1.54, 1.807) is 47.5 Å². The molecule has 1 aliphatic rings. The number of nitrogens with zero attached hydrogens (tertiary/aromatic N) is 3. The summed E-state index contributed by atoms with van der Waals surface area (Å²) in [7, 11) is 0. The third-order valence-electron chi connectivity index (χ3n) is 3.65. The van der Waals surface area contributed by atoms with Gasteiger partial charge in [0.15, 0.2) is 0 Å². The molecule has 5 nitrogen and oxygen atoms in total. The van der Waals surface area contributed by atoms with E-state index in [0.717, 1.165) is 6.42 Å². The van der Waals surface area contributed by atoms with Crippen molar-refractivity contribution in [2.24, 2.45) is 0 Å². The Bertz CT molecular complexity index is 749. The summed E-state index contributed by atoms with van der Waals surface area (Å²) in [4.78, 5) is 32.5. The molecule has 0 unspecified atom stereocenters. The molecular formula is C17H16ClN3O2.